The molecule has 0 unspecified atom stereocenters. The molecule has 0 saturated carbocycles. The Bertz CT molecular complexity index is 693. The number of ether oxygens (including phenoxy) is 3. The molecule has 0 aromatic carbocycles. The monoisotopic (exact) mass is 296 g/mol. The summed E-state index contributed by atoms with van der Waals surface area (Å²) in [6, 6.07) is 0. The fourth-order valence-electron chi connectivity index (χ4n) is 2.72. The van der Waals surface area contributed by atoms with E-state index in [9.17, 15) is 14.4 Å². The summed E-state index contributed by atoms with van der Waals surface area (Å²) in [5.41, 5.74) is -1.27. The quantitative estimate of drug-likeness (QED) is 0.752. The molecule has 1 aromatic rings. The van der Waals surface area contributed by atoms with Crippen LogP contribution >= 0.6 is 0 Å². The molecule has 2 saturated heterocycles. The molecule has 2 aliphatic heterocycles. The number of rotatable bonds is 3. The maximum Gasteiger partial charge on any atom is 0.330 e. The molecule has 8 nitrogen and oxygen atoms in total. The molecule has 0 spiro atoms. The smallest absolute Gasteiger partial charge is 0.330 e. The molecule has 1 aromatic heterocycles. The maximum atomic E-state index is 11.9. The molecule has 3 rings (SSSR count). The van der Waals surface area contributed by atoms with E-state index in [1.165, 1.54) is 17.7 Å². The number of H-pyrrole nitrogens is 1. The molecule has 3 atom stereocenters. The third-order valence-electron chi connectivity index (χ3n) is 3.78. The van der Waals surface area contributed by atoms with Crippen LogP contribution in [0.5, 0.6) is 0 Å². The zero-order chi connectivity index (χ0) is 15.2. The molecule has 0 radical (unpaired) electrons. The van der Waals surface area contributed by atoms with E-state index < -0.39 is 29.0 Å². The Labute approximate surface area is 119 Å². The number of carbonyl (C=O) groups excluding carboxylic acids is 1. The van der Waals surface area contributed by atoms with Gasteiger partial charge in [0.1, 0.15) is 18.3 Å². The van der Waals surface area contributed by atoms with Gasteiger partial charge in [0, 0.05) is 25.1 Å². The first-order valence-electron chi connectivity index (χ1n) is 6.65. The molecule has 1 N–H and O–H groups in total. The molecule has 2 fully saturated rings. The summed E-state index contributed by atoms with van der Waals surface area (Å²) in [6.07, 6.45) is 1.06. The van der Waals surface area contributed by atoms with Gasteiger partial charge in [-0.3, -0.25) is 19.1 Å². The van der Waals surface area contributed by atoms with E-state index in [2.05, 4.69) is 4.98 Å². The Kier molecular flexibility index (Phi) is 3.22. The zero-order valence-corrected chi connectivity index (χ0v) is 11.8. The van der Waals surface area contributed by atoms with Crippen LogP contribution in [0.2, 0.25) is 0 Å². The van der Waals surface area contributed by atoms with Crippen molar-refractivity contribution in [3.05, 3.63) is 32.6 Å². The van der Waals surface area contributed by atoms with E-state index in [0.717, 1.165) is 0 Å². The summed E-state index contributed by atoms with van der Waals surface area (Å²) < 4.78 is 17.8. The molecular formula is C13H16N2O6. The van der Waals surface area contributed by atoms with Crippen molar-refractivity contribution >= 4 is 5.97 Å². The average molecular weight is 296 g/mol. The molecule has 21 heavy (non-hydrogen) atoms. The minimum Gasteiger partial charge on any atom is -0.463 e. The summed E-state index contributed by atoms with van der Waals surface area (Å²) in [5.74, 6) is -0.392. The molecule has 114 valence electrons. The van der Waals surface area contributed by atoms with Gasteiger partial charge >= 0.3 is 11.7 Å². The van der Waals surface area contributed by atoms with E-state index >= 15 is 0 Å². The Morgan fingerprint density at radius 2 is 2.33 bits per heavy atom. The van der Waals surface area contributed by atoms with Gasteiger partial charge in [0.2, 0.25) is 0 Å². The van der Waals surface area contributed by atoms with Crippen LogP contribution in [0.15, 0.2) is 15.8 Å². The van der Waals surface area contributed by atoms with Crippen LogP contribution in [0.3, 0.4) is 0 Å². The minimum atomic E-state index is -0.718. The lowest BCUT2D eigenvalue weighted by Gasteiger charge is -2.30. The molecule has 8 heteroatoms. The van der Waals surface area contributed by atoms with Gasteiger partial charge in [0.15, 0.2) is 6.23 Å². The van der Waals surface area contributed by atoms with Crippen molar-refractivity contribution in [2.24, 2.45) is 0 Å². The van der Waals surface area contributed by atoms with Crippen molar-refractivity contribution in [3.8, 4) is 0 Å². The highest BCUT2D eigenvalue weighted by atomic mass is 16.6. The number of hydrogen-bond donors (Lipinski definition) is 1. The number of nitrogens with one attached hydrogen (secondary N) is 1. The van der Waals surface area contributed by atoms with Crippen LogP contribution in [0.1, 0.15) is 25.1 Å². The standard InChI is InChI=1S/C13H16N2O6/c1-7-4-15(12(18)14-10(7)17)11-9-3-13(21-11,6-20-9)5-19-8(2)16/h4,9,11H,3,5-6H2,1-2H3,(H,14,17,18)/t9-,11-,13+/m1/s1. The van der Waals surface area contributed by atoms with Crippen molar-refractivity contribution in [1.82, 2.24) is 9.55 Å². The topological polar surface area (TPSA) is 99.6 Å². The number of hydrogen-bond acceptors (Lipinski definition) is 6. The minimum absolute atomic E-state index is 0.0897. The second-order valence-corrected chi connectivity index (χ2v) is 5.50. The highest BCUT2D eigenvalue weighted by Gasteiger charge is 2.55. The number of aryl methyl sites for hydroxylation is 1. The number of aromatic nitrogens is 2. The Morgan fingerprint density at radius 3 is 3.05 bits per heavy atom. The summed E-state index contributed by atoms with van der Waals surface area (Å²) in [7, 11) is 0. The van der Waals surface area contributed by atoms with E-state index in [4.69, 9.17) is 14.2 Å². The van der Waals surface area contributed by atoms with E-state index in [0.29, 0.717) is 18.6 Å². The highest BCUT2D eigenvalue weighted by molar-refractivity contribution is 5.65. The van der Waals surface area contributed by atoms with Crippen LogP contribution in [0, 0.1) is 6.92 Å². The number of fused-ring (bicyclic) bond motifs is 2. The summed E-state index contributed by atoms with van der Waals surface area (Å²) >= 11 is 0. The molecule has 3 heterocycles. The summed E-state index contributed by atoms with van der Waals surface area (Å²) in [6.45, 7) is 3.34. The second-order valence-electron chi connectivity index (χ2n) is 5.50. The molecule has 0 amide bonds. The SMILES string of the molecule is CC(=O)OC[C@]12CO[C@H](C1)[C@H](n1cc(C)c(=O)[nH]c1=O)O2. The number of aromatic amines is 1. The van der Waals surface area contributed by atoms with Crippen LogP contribution in [0.4, 0.5) is 0 Å². The average Bonchev–Trinajstić information content (AvgIpc) is 2.99. The Morgan fingerprint density at radius 1 is 1.57 bits per heavy atom. The number of carbonyl (C=O) groups is 1. The van der Waals surface area contributed by atoms with E-state index in [1.54, 1.807) is 6.92 Å². The van der Waals surface area contributed by atoms with Gasteiger partial charge in [0.25, 0.3) is 5.56 Å². The number of nitrogens with zero attached hydrogens (tertiary/aromatic N) is 1. The molecule has 0 aliphatic carbocycles. The van der Waals surface area contributed by atoms with Crippen LogP contribution < -0.4 is 11.2 Å². The van der Waals surface area contributed by atoms with Gasteiger partial charge in [-0.2, -0.15) is 0 Å². The van der Waals surface area contributed by atoms with Crippen molar-refractivity contribution in [3.63, 3.8) is 0 Å². The van der Waals surface area contributed by atoms with E-state index in [-0.39, 0.29) is 12.7 Å². The predicted molar refractivity (Wildman–Crippen MR) is 69.9 cm³/mol. The molecular weight excluding hydrogens is 280 g/mol. The van der Waals surface area contributed by atoms with Crippen molar-refractivity contribution in [2.45, 2.75) is 38.2 Å². The zero-order valence-electron chi connectivity index (χ0n) is 11.8. The summed E-state index contributed by atoms with van der Waals surface area (Å²) in [5, 5.41) is 0. The highest BCUT2D eigenvalue weighted by Crippen LogP contribution is 2.44. The normalized spacial score (nSPS) is 30.6. The molecule has 2 bridgehead atoms. The van der Waals surface area contributed by atoms with Gasteiger partial charge in [-0.1, -0.05) is 0 Å². The first kappa shape index (κ1) is 14.0. The van der Waals surface area contributed by atoms with Crippen LogP contribution in [0.25, 0.3) is 0 Å². The molecule has 2 aliphatic rings. The lowest BCUT2D eigenvalue weighted by molar-refractivity contribution is -0.193. The Balaban J connectivity index is 1.86. The second kappa shape index (κ2) is 4.81. The maximum absolute atomic E-state index is 11.9. The van der Waals surface area contributed by atoms with E-state index in [1.807, 2.05) is 0 Å². The third kappa shape index (κ3) is 2.40. The van der Waals surface area contributed by atoms with Crippen LogP contribution in [-0.4, -0.2) is 40.4 Å². The number of esters is 1. The largest absolute Gasteiger partial charge is 0.463 e. The van der Waals surface area contributed by atoms with Gasteiger partial charge in [-0.25, -0.2) is 4.79 Å². The fourth-order valence-corrected chi connectivity index (χ4v) is 2.72. The first-order chi connectivity index (χ1) is 9.90. The van der Waals surface area contributed by atoms with Crippen LogP contribution in [-0.2, 0) is 19.0 Å². The predicted octanol–water partition coefficient (Wildman–Crippen LogP) is -0.535. The van der Waals surface area contributed by atoms with Gasteiger partial charge in [-0.05, 0) is 6.92 Å². The third-order valence-corrected chi connectivity index (χ3v) is 3.78. The van der Waals surface area contributed by atoms with Gasteiger partial charge in [-0.15, -0.1) is 0 Å². The first-order valence-corrected chi connectivity index (χ1v) is 6.65. The lowest BCUT2D eigenvalue weighted by atomic mass is 10.0. The summed E-state index contributed by atoms with van der Waals surface area (Å²) in [4.78, 5) is 36.5. The van der Waals surface area contributed by atoms with Crippen molar-refractivity contribution < 1.29 is 19.0 Å². The van der Waals surface area contributed by atoms with Gasteiger partial charge < -0.3 is 14.2 Å². The van der Waals surface area contributed by atoms with Crippen molar-refractivity contribution in [1.29, 1.82) is 0 Å². The Hall–Kier alpha value is -1.93. The lowest BCUT2D eigenvalue weighted by Crippen LogP contribution is -2.43. The van der Waals surface area contributed by atoms with Gasteiger partial charge in [0.05, 0.1) is 6.61 Å². The fraction of sp³-hybridized carbons (Fsp3) is 0.615. The van der Waals surface area contributed by atoms with Crippen molar-refractivity contribution in [2.75, 3.05) is 13.2 Å².